The van der Waals surface area contributed by atoms with Crippen molar-refractivity contribution in [3.8, 4) is 0 Å². The molecule has 1 aliphatic carbocycles. The molecule has 1 unspecified atom stereocenters. The quantitative estimate of drug-likeness (QED) is 0.766. The lowest BCUT2D eigenvalue weighted by Crippen LogP contribution is -2.46. The smallest absolute Gasteiger partial charge is 0.319 e. The zero-order valence-electron chi connectivity index (χ0n) is 10.4. The monoisotopic (exact) mass is 244 g/mol. The number of amides is 3. The van der Waals surface area contributed by atoms with Gasteiger partial charge in [0.2, 0.25) is 0 Å². The molecule has 1 saturated heterocycles. The molecule has 0 radical (unpaired) electrons. The molecule has 1 aromatic carbocycles. The molecule has 4 nitrogen and oxygen atoms in total. The summed E-state index contributed by atoms with van der Waals surface area (Å²) in [6, 6.07) is 7.66. The largest absolute Gasteiger partial charge is 0.325 e. The van der Waals surface area contributed by atoms with Crippen LogP contribution in [-0.4, -0.2) is 23.4 Å². The summed E-state index contributed by atoms with van der Waals surface area (Å²) in [6.07, 6.45) is 2.61. The summed E-state index contributed by atoms with van der Waals surface area (Å²) in [5.41, 5.74) is 1.35. The fourth-order valence-corrected chi connectivity index (χ4v) is 3.10. The molecule has 0 saturated carbocycles. The van der Waals surface area contributed by atoms with E-state index in [1.54, 1.807) is 0 Å². The number of carbonyl (C=O) groups excluding carboxylic acids is 2. The van der Waals surface area contributed by atoms with E-state index in [2.05, 4.69) is 5.32 Å². The van der Waals surface area contributed by atoms with Gasteiger partial charge in [0.05, 0.1) is 0 Å². The van der Waals surface area contributed by atoms with Crippen molar-refractivity contribution in [1.82, 2.24) is 10.2 Å². The van der Waals surface area contributed by atoms with Gasteiger partial charge < -0.3 is 5.32 Å². The molecule has 3 rings (SSSR count). The maximum atomic E-state index is 12.5. The first-order valence-electron chi connectivity index (χ1n) is 6.41. The van der Waals surface area contributed by atoms with Gasteiger partial charge in [0.1, 0.15) is 5.54 Å². The van der Waals surface area contributed by atoms with Crippen molar-refractivity contribution >= 4 is 11.9 Å². The van der Waals surface area contributed by atoms with Crippen LogP contribution in [0.25, 0.3) is 0 Å². The van der Waals surface area contributed by atoms with Crippen molar-refractivity contribution in [2.24, 2.45) is 0 Å². The van der Waals surface area contributed by atoms with Gasteiger partial charge >= 0.3 is 6.03 Å². The highest BCUT2D eigenvalue weighted by atomic mass is 16.2. The zero-order valence-corrected chi connectivity index (χ0v) is 10.4. The lowest BCUT2D eigenvalue weighted by Gasteiger charge is -2.33. The van der Waals surface area contributed by atoms with Crippen LogP contribution >= 0.6 is 0 Å². The third kappa shape index (κ3) is 1.32. The summed E-state index contributed by atoms with van der Waals surface area (Å²) in [7, 11) is 0. The zero-order chi connectivity index (χ0) is 12.8. The Labute approximate surface area is 106 Å². The van der Waals surface area contributed by atoms with Gasteiger partial charge in [0.25, 0.3) is 5.91 Å². The summed E-state index contributed by atoms with van der Waals surface area (Å²) >= 11 is 0. The van der Waals surface area contributed by atoms with Crippen LogP contribution < -0.4 is 5.32 Å². The van der Waals surface area contributed by atoms with Gasteiger partial charge in [-0.1, -0.05) is 24.3 Å². The van der Waals surface area contributed by atoms with E-state index in [0.29, 0.717) is 13.0 Å². The van der Waals surface area contributed by atoms with Crippen LogP contribution in [0.3, 0.4) is 0 Å². The Kier molecular flexibility index (Phi) is 2.40. The third-order valence-electron chi connectivity index (χ3n) is 3.97. The van der Waals surface area contributed by atoms with Crippen LogP contribution in [0.5, 0.6) is 0 Å². The minimum atomic E-state index is -0.804. The molecular weight excluding hydrogens is 228 g/mol. The Bertz CT molecular complexity index is 526. The Hall–Kier alpha value is -1.84. The molecule has 1 atom stereocenters. The molecule has 1 heterocycles. The second-order valence-corrected chi connectivity index (χ2v) is 4.90. The Morgan fingerprint density at radius 2 is 2.11 bits per heavy atom. The topological polar surface area (TPSA) is 49.4 Å². The average molecular weight is 244 g/mol. The van der Waals surface area contributed by atoms with Crippen LogP contribution in [0.4, 0.5) is 4.79 Å². The number of likely N-dealkylation sites (N-methyl/N-ethyl adjacent to an activating group) is 1. The number of hydrogen-bond acceptors (Lipinski definition) is 2. The Morgan fingerprint density at radius 3 is 2.83 bits per heavy atom. The molecule has 1 aliphatic heterocycles. The molecule has 18 heavy (non-hydrogen) atoms. The van der Waals surface area contributed by atoms with E-state index in [4.69, 9.17) is 0 Å². The molecule has 94 valence electrons. The number of nitrogens with one attached hydrogen (secondary N) is 1. The van der Waals surface area contributed by atoms with Crippen LogP contribution in [-0.2, 0) is 16.8 Å². The molecule has 1 spiro atoms. The van der Waals surface area contributed by atoms with Crippen LogP contribution in [0.15, 0.2) is 24.3 Å². The summed E-state index contributed by atoms with van der Waals surface area (Å²) in [5.74, 6) is -0.0952. The fourth-order valence-electron chi connectivity index (χ4n) is 3.10. The number of hydrogen-bond donors (Lipinski definition) is 1. The van der Waals surface area contributed by atoms with Gasteiger partial charge in [-0.25, -0.2) is 4.79 Å². The van der Waals surface area contributed by atoms with E-state index in [9.17, 15) is 9.59 Å². The molecule has 1 aromatic rings. The first-order valence-corrected chi connectivity index (χ1v) is 6.41. The predicted molar refractivity (Wildman–Crippen MR) is 67.0 cm³/mol. The van der Waals surface area contributed by atoms with E-state index in [1.165, 1.54) is 10.5 Å². The highest BCUT2D eigenvalue weighted by molar-refractivity contribution is 6.07. The van der Waals surface area contributed by atoms with Crippen LogP contribution in [0.2, 0.25) is 0 Å². The SMILES string of the molecule is CCN1C(=O)NC2(CCCc3ccccc32)C1=O. The molecule has 0 aromatic heterocycles. The second-order valence-electron chi connectivity index (χ2n) is 4.90. The summed E-state index contributed by atoms with van der Waals surface area (Å²) in [4.78, 5) is 25.7. The van der Waals surface area contributed by atoms with Gasteiger partial charge in [0.15, 0.2) is 0 Å². The molecule has 0 bridgehead atoms. The Balaban J connectivity index is 2.13. The molecule has 3 amide bonds. The fraction of sp³-hybridized carbons (Fsp3) is 0.429. The third-order valence-corrected chi connectivity index (χ3v) is 3.97. The van der Waals surface area contributed by atoms with Gasteiger partial charge in [-0.05, 0) is 37.3 Å². The van der Waals surface area contributed by atoms with Gasteiger partial charge in [0, 0.05) is 6.54 Å². The van der Waals surface area contributed by atoms with Gasteiger partial charge in [-0.2, -0.15) is 0 Å². The van der Waals surface area contributed by atoms with Crippen LogP contribution in [0.1, 0.15) is 30.9 Å². The summed E-state index contributed by atoms with van der Waals surface area (Å²) in [5, 5.41) is 2.91. The minimum absolute atomic E-state index is 0.0952. The Morgan fingerprint density at radius 1 is 1.33 bits per heavy atom. The highest BCUT2D eigenvalue weighted by Gasteiger charge is 2.53. The number of carbonyl (C=O) groups is 2. The number of fused-ring (bicyclic) bond motifs is 2. The maximum absolute atomic E-state index is 12.5. The van der Waals surface area contributed by atoms with Crippen molar-refractivity contribution in [1.29, 1.82) is 0 Å². The number of urea groups is 1. The van der Waals surface area contributed by atoms with Crippen molar-refractivity contribution in [3.63, 3.8) is 0 Å². The van der Waals surface area contributed by atoms with Crippen molar-refractivity contribution in [3.05, 3.63) is 35.4 Å². The number of benzene rings is 1. The second kappa shape index (κ2) is 3.83. The standard InChI is InChI=1S/C14H16N2O2/c1-2-16-12(17)14(15-13(16)18)9-5-7-10-6-3-4-8-11(10)14/h3-4,6,8H,2,5,7,9H2,1H3,(H,15,18). The minimum Gasteiger partial charge on any atom is -0.319 e. The van der Waals surface area contributed by atoms with E-state index in [1.807, 2.05) is 31.2 Å². The van der Waals surface area contributed by atoms with E-state index >= 15 is 0 Å². The normalized spacial score (nSPS) is 26.4. The number of imide groups is 1. The molecule has 1 N–H and O–H groups in total. The van der Waals surface area contributed by atoms with E-state index in [0.717, 1.165) is 18.4 Å². The van der Waals surface area contributed by atoms with Crippen molar-refractivity contribution in [2.45, 2.75) is 31.7 Å². The summed E-state index contributed by atoms with van der Waals surface area (Å²) < 4.78 is 0. The molecule has 1 fully saturated rings. The van der Waals surface area contributed by atoms with Gasteiger partial charge in [-0.15, -0.1) is 0 Å². The van der Waals surface area contributed by atoms with E-state index < -0.39 is 5.54 Å². The van der Waals surface area contributed by atoms with Crippen molar-refractivity contribution < 1.29 is 9.59 Å². The van der Waals surface area contributed by atoms with E-state index in [-0.39, 0.29) is 11.9 Å². The predicted octanol–water partition coefficient (Wildman–Crippen LogP) is 1.79. The first-order chi connectivity index (χ1) is 8.69. The highest BCUT2D eigenvalue weighted by Crippen LogP contribution is 2.39. The molecular formula is C14H16N2O2. The lowest BCUT2D eigenvalue weighted by molar-refractivity contribution is -0.132. The number of nitrogens with zero attached hydrogens (tertiary/aromatic N) is 1. The maximum Gasteiger partial charge on any atom is 0.325 e. The van der Waals surface area contributed by atoms with Gasteiger partial charge in [-0.3, -0.25) is 9.69 Å². The molecule has 2 aliphatic rings. The van der Waals surface area contributed by atoms with Crippen molar-refractivity contribution in [2.75, 3.05) is 6.54 Å². The summed E-state index contributed by atoms with van der Waals surface area (Å²) in [6.45, 7) is 2.25. The molecule has 4 heteroatoms. The first kappa shape index (κ1) is 11.3. The van der Waals surface area contributed by atoms with Crippen LogP contribution in [0, 0.1) is 0 Å². The number of aryl methyl sites for hydroxylation is 1. The average Bonchev–Trinajstić information content (AvgIpc) is 2.62. The number of rotatable bonds is 1. The lowest BCUT2D eigenvalue weighted by atomic mass is 9.76.